The summed E-state index contributed by atoms with van der Waals surface area (Å²) < 4.78 is 5.34. The third-order valence-electron chi connectivity index (χ3n) is 3.68. The van der Waals surface area contributed by atoms with Crippen LogP contribution in [0.25, 0.3) is 0 Å². The number of nitrogens with zero attached hydrogens (tertiary/aromatic N) is 1. The Morgan fingerprint density at radius 2 is 1.78 bits per heavy atom. The first-order chi connectivity index (χ1) is 13.0. The minimum absolute atomic E-state index is 0.0383. The maximum absolute atomic E-state index is 12.0. The fourth-order valence-corrected chi connectivity index (χ4v) is 2.28. The second-order valence-electron chi connectivity index (χ2n) is 5.86. The molecule has 0 aliphatic carbocycles. The number of nitrogens with one attached hydrogen (secondary N) is 2. The Morgan fingerprint density at radius 3 is 2.44 bits per heavy atom. The standard InChI is InChI=1S/C20H24N4O3/c1-3-27-18-9-7-17(8-10-18)22-19(25)11-12-20(26)24-23-14(2)15-5-4-6-16(21)13-15/h4-10,13H,3,11-12,21H2,1-2H3,(H,22,25)(H,24,26)/b23-14+. The second-order valence-corrected chi connectivity index (χ2v) is 5.86. The molecule has 4 N–H and O–H groups in total. The van der Waals surface area contributed by atoms with Gasteiger partial charge in [0.15, 0.2) is 0 Å². The fraction of sp³-hybridized carbons (Fsp3) is 0.250. The highest BCUT2D eigenvalue weighted by atomic mass is 16.5. The minimum atomic E-state index is -0.333. The largest absolute Gasteiger partial charge is 0.494 e. The summed E-state index contributed by atoms with van der Waals surface area (Å²) in [6.45, 7) is 4.26. The van der Waals surface area contributed by atoms with Crippen LogP contribution in [0, 0.1) is 0 Å². The smallest absolute Gasteiger partial charge is 0.240 e. The van der Waals surface area contributed by atoms with E-state index >= 15 is 0 Å². The molecule has 0 saturated heterocycles. The number of rotatable bonds is 8. The molecule has 2 rings (SSSR count). The van der Waals surface area contributed by atoms with Gasteiger partial charge in [0, 0.05) is 24.2 Å². The predicted molar refractivity (Wildman–Crippen MR) is 107 cm³/mol. The van der Waals surface area contributed by atoms with Crippen LogP contribution in [0.4, 0.5) is 11.4 Å². The van der Waals surface area contributed by atoms with Crippen LogP contribution in [0.3, 0.4) is 0 Å². The lowest BCUT2D eigenvalue weighted by Crippen LogP contribution is -2.21. The molecule has 0 heterocycles. The quantitative estimate of drug-likeness (QED) is 0.378. The molecule has 0 spiro atoms. The van der Waals surface area contributed by atoms with Gasteiger partial charge in [-0.1, -0.05) is 12.1 Å². The monoisotopic (exact) mass is 368 g/mol. The van der Waals surface area contributed by atoms with Crippen LogP contribution in [-0.2, 0) is 9.59 Å². The molecule has 0 radical (unpaired) electrons. The van der Waals surface area contributed by atoms with Crippen molar-refractivity contribution in [2.45, 2.75) is 26.7 Å². The normalized spacial score (nSPS) is 11.0. The van der Waals surface area contributed by atoms with E-state index in [1.807, 2.05) is 19.1 Å². The van der Waals surface area contributed by atoms with Gasteiger partial charge in [0.1, 0.15) is 5.75 Å². The highest BCUT2D eigenvalue weighted by molar-refractivity contribution is 6.00. The molecule has 7 nitrogen and oxygen atoms in total. The molecule has 0 atom stereocenters. The first-order valence-corrected chi connectivity index (χ1v) is 8.69. The highest BCUT2D eigenvalue weighted by Crippen LogP contribution is 2.15. The second kappa shape index (κ2) is 9.96. The Morgan fingerprint density at radius 1 is 1.07 bits per heavy atom. The minimum Gasteiger partial charge on any atom is -0.494 e. The summed E-state index contributed by atoms with van der Waals surface area (Å²) in [6.07, 6.45) is 0.0997. The molecule has 0 aliphatic rings. The summed E-state index contributed by atoms with van der Waals surface area (Å²) in [5, 5.41) is 6.78. The van der Waals surface area contributed by atoms with Gasteiger partial charge in [-0.15, -0.1) is 0 Å². The van der Waals surface area contributed by atoms with E-state index in [0.29, 0.717) is 23.7 Å². The Hall–Kier alpha value is -3.35. The predicted octanol–water partition coefficient (Wildman–Crippen LogP) is 2.93. The van der Waals surface area contributed by atoms with E-state index in [4.69, 9.17) is 10.5 Å². The lowest BCUT2D eigenvalue weighted by Gasteiger charge is -2.07. The van der Waals surface area contributed by atoms with Gasteiger partial charge in [0.25, 0.3) is 0 Å². The van der Waals surface area contributed by atoms with E-state index in [1.165, 1.54) is 0 Å². The van der Waals surface area contributed by atoms with Crippen LogP contribution < -0.4 is 21.2 Å². The number of hydrogen-bond donors (Lipinski definition) is 3. The van der Waals surface area contributed by atoms with Crippen molar-refractivity contribution < 1.29 is 14.3 Å². The van der Waals surface area contributed by atoms with Crippen molar-refractivity contribution in [3.8, 4) is 5.75 Å². The van der Waals surface area contributed by atoms with E-state index in [0.717, 1.165) is 11.3 Å². The Labute approximate surface area is 158 Å². The van der Waals surface area contributed by atoms with Crippen LogP contribution in [0.15, 0.2) is 53.6 Å². The first kappa shape index (κ1) is 20.0. The molecular weight excluding hydrogens is 344 g/mol. The number of ether oxygens (including phenoxy) is 1. The van der Waals surface area contributed by atoms with Crippen molar-refractivity contribution in [1.29, 1.82) is 0 Å². The molecule has 142 valence electrons. The van der Waals surface area contributed by atoms with Crippen LogP contribution in [0.1, 0.15) is 32.3 Å². The number of carbonyl (C=O) groups is 2. The third-order valence-corrected chi connectivity index (χ3v) is 3.68. The average molecular weight is 368 g/mol. The summed E-state index contributed by atoms with van der Waals surface area (Å²) in [5.74, 6) is 0.161. The Kier molecular flexibility index (Phi) is 7.37. The van der Waals surface area contributed by atoms with Gasteiger partial charge in [0.05, 0.1) is 12.3 Å². The topological polar surface area (TPSA) is 106 Å². The molecule has 2 aromatic rings. The summed E-state index contributed by atoms with van der Waals surface area (Å²) in [5.41, 5.74) is 10.9. The molecule has 0 fully saturated rings. The molecule has 0 saturated carbocycles. The number of nitrogen functional groups attached to an aromatic ring is 1. The number of nitrogens with two attached hydrogens (primary N) is 1. The number of anilines is 2. The van der Waals surface area contributed by atoms with Gasteiger partial charge in [-0.05, 0) is 55.8 Å². The maximum Gasteiger partial charge on any atom is 0.240 e. The summed E-state index contributed by atoms with van der Waals surface area (Å²) in [7, 11) is 0. The zero-order valence-electron chi connectivity index (χ0n) is 15.5. The van der Waals surface area contributed by atoms with Crippen LogP contribution in [0.2, 0.25) is 0 Å². The van der Waals surface area contributed by atoms with Crippen molar-refractivity contribution in [2.75, 3.05) is 17.7 Å². The molecule has 7 heteroatoms. The van der Waals surface area contributed by atoms with Gasteiger partial charge < -0.3 is 15.8 Å². The van der Waals surface area contributed by atoms with Crippen molar-refractivity contribution in [3.05, 3.63) is 54.1 Å². The van der Waals surface area contributed by atoms with Crippen molar-refractivity contribution in [2.24, 2.45) is 5.10 Å². The first-order valence-electron chi connectivity index (χ1n) is 8.69. The van der Waals surface area contributed by atoms with Crippen LogP contribution in [0.5, 0.6) is 5.75 Å². The number of hydrazone groups is 1. The van der Waals surface area contributed by atoms with Crippen LogP contribution >= 0.6 is 0 Å². The summed E-state index contributed by atoms with van der Waals surface area (Å²) in [6, 6.07) is 14.3. The van der Waals surface area contributed by atoms with E-state index in [2.05, 4.69) is 15.8 Å². The molecule has 2 amide bonds. The van der Waals surface area contributed by atoms with Crippen molar-refractivity contribution >= 4 is 28.9 Å². The van der Waals surface area contributed by atoms with E-state index in [-0.39, 0.29) is 24.7 Å². The molecule has 0 aromatic heterocycles. The fourth-order valence-electron chi connectivity index (χ4n) is 2.28. The van der Waals surface area contributed by atoms with E-state index < -0.39 is 0 Å². The number of carbonyl (C=O) groups excluding carboxylic acids is 2. The third kappa shape index (κ3) is 6.81. The zero-order chi connectivity index (χ0) is 19.6. The molecule has 0 unspecified atom stereocenters. The molecule has 0 aliphatic heterocycles. The van der Waals surface area contributed by atoms with Crippen molar-refractivity contribution in [1.82, 2.24) is 5.43 Å². The van der Waals surface area contributed by atoms with Crippen molar-refractivity contribution in [3.63, 3.8) is 0 Å². The maximum atomic E-state index is 12.0. The van der Waals surface area contributed by atoms with Crippen LogP contribution in [-0.4, -0.2) is 24.1 Å². The highest BCUT2D eigenvalue weighted by Gasteiger charge is 2.07. The lowest BCUT2D eigenvalue weighted by atomic mass is 10.1. The Balaban J connectivity index is 1.77. The van der Waals surface area contributed by atoms with E-state index in [9.17, 15) is 9.59 Å². The number of hydrogen-bond acceptors (Lipinski definition) is 5. The summed E-state index contributed by atoms with van der Waals surface area (Å²) in [4.78, 5) is 23.8. The van der Waals surface area contributed by atoms with Gasteiger partial charge in [-0.3, -0.25) is 9.59 Å². The Bertz CT molecular complexity index is 816. The van der Waals surface area contributed by atoms with Gasteiger partial charge in [-0.2, -0.15) is 5.10 Å². The van der Waals surface area contributed by atoms with Gasteiger partial charge in [-0.25, -0.2) is 5.43 Å². The number of benzene rings is 2. The number of amides is 2. The summed E-state index contributed by atoms with van der Waals surface area (Å²) >= 11 is 0. The molecule has 0 bridgehead atoms. The van der Waals surface area contributed by atoms with E-state index in [1.54, 1.807) is 43.3 Å². The SMILES string of the molecule is CCOc1ccc(NC(=O)CCC(=O)N/N=C(\C)c2cccc(N)c2)cc1. The molecular formula is C20H24N4O3. The molecule has 2 aromatic carbocycles. The average Bonchev–Trinajstić information content (AvgIpc) is 2.66. The van der Waals surface area contributed by atoms with Gasteiger partial charge >= 0.3 is 0 Å². The molecule has 27 heavy (non-hydrogen) atoms. The van der Waals surface area contributed by atoms with Gasteiger partial charge in [0.2, 0.25) is 11.8 Å². The lowest BCUT2D eigenvalue weighted by molar-refractivity contribution is -0.124. The zero-order valence-corrected chi connectivity index (χ0v) is 15.5.